The number of hydrogen-bond acceptors (Lipinski definition) is 3. The van der Waals surface area contributed by atoms with Crippen LogP contribution in [0, 0.1) is 0 Å². The van der Waals surface area contributed by atoms with Gasteiger partial charge in [0.1, 0.15) is 18.2 Å². The summed E-state index contributed by atoms with van der Waals surface area (Å²) in [6, 6.07) is 14.1. The monoisotopic (exact) mass is 270 g/mol. The van der Waals surface area contributed by atoms with Gasteiger partial charge in [-0.3, -0.25) is 0 Å². The van der Waals surface area contributed by atoms with Crippen LogP contribution in [0.4, 0.5) is 5.82 Å². The van der Waals surface area contributed by atoms with Gasteiger partial charge in [-0.2, -0.15) is 0 Å². The Bertz CT molecular complexity index is 540. The van der Waals surface area contributed by atoms with E-state index in [1.165, 1.54) is 5.56 Å². The molecule has 0 unspecified atom stereocenters. The van der Waals surface area contributed by atoms with Gasteiger partial charge < -0.3 is 10.1 Å². The van der Waals surface area contributed by atoms with Crippen molar-refractivity contribution in [3.05, 3.63) is 53.7 Å². The fourth-order valence-electron chi connectivity index (χ4n) is 2.00. The van der Waals surface area contributed by atoms with Gasteiger partial charge in [-0.25, -0.2) is 4.98 Å². The van der Waals surface area contributed by atoms with E-state index < -0.39 is 0 Å². The Morgan fingerprint density at radius 3 is 2.70 bits per heavy atom. The molecule has 0 aliphatic carbocycles. The molecule has 0 atom stereocenters. The number of anilines is 1. The molecule has 0 aliphatic rings. The van der Waals surface area contributed by atoms with E-state index in [4.69, 9.17) is 4.74 Å². The van der Waals surface area contributed by atoms with E-state index in [1.807, 2.05) is 36.4 Å². The summed E-state index contributed by atoms with van der Waals surface area (Å²) in [4.78, 5) is 4.54. The summed E-state index contributed by atoms with van der Waals surface area (Å²) in [6.07, 6.45) is 2.06. The van der Waals surface area contributed by atoms with Gasteiger partial charge >= 0.3 is 0 Å². The highest BCUT2D eigenvalue weighted by molar-refractivity contribution is 5.36. The maximum Gasteiger partial charge on any atom is 0.130 e. The van der Waals surface area contributed by atoms with E-state index in [2.05, 4.69) is 30.2 Å². The summed E-state index contributed by atoms with van der Waals surface area (Å²) in [7, 11) is 0. The first-order valence-corrected chi connectivity index (χ1v) is 7.24. The molecule has 2 aromatic rings. The van der Waals surface area contributed by atoms with Crippen LogP contribution >= 0.6 is 0 Å². The van der Waals surface area contributed by atoms with Crippen LogP contribution < -0.4 is 10.1 Å². The largest absolute Gasteiger partial charge is 0.487 e. The molecule has 0 fully saturated rings. The summed E-state index contributed by atoms with van der Waals surface area (Å²) < 4.78 is 5.88. The fraction of sp³-hybridized carbons (Fsp3) is 0.353. The molecular formula is C17H22N2O. The quantitative estimate of drug-likeness (QED) is 0.824. The molecule has 1 aromatic carbocycles. The number of benzene rings is 1. The van der Waals surface area contributed by atoms with Crippen molar-refractivity contribution in [1.82, 2.24) is 4.98 Å². The Labute approximate surface area is 121 Å². The highest BCUT2D eigenvalue weighted by atomic mass is 16.5. The van der Waals surface area contributed by atoms with Crippen molar-refractivity contribution < 1.29 is 4.74 Å². The lowest BCUT2D eigenvalue weighted by Crippen LogP contribution is -2.05. The van der Waals surface area contributed by atoms with E-state index in [-0.39, 0.29) is 0 Å². The molecule has 0 amide bonds. The molecule has 2 rings (SSSR count). The van der Waals surface area contributed by atoms with Gasteiger partial charge in [-0.05, 0) is 36.6 Å². The summed E-state index contributed by atoms with van der Waals surface area (Å²) in [5, 5.41) is 3.29. The lowest BCUT2D eigenvalue weighted by molar-refractivity contribution is 0.298. The Balaban J connectivity index is 1.99. The van der Waals surface area contributed by atoms with Crippen molar-refractivity contribution in [3.63, 3.8) is 0 Å². The minimum Gasteiger partial charge on any atom is -0.487 e. The lowest BCUT2D eigenvalue weighted by Gasteiger charge is -2.11. The average Bonchev–Trinajstić information content (AvgIpc) is 2.51. The fourth-order valence-corrected chi connectivity index (χ4v) is 2.00. The number of aromatic nitrogens is 1. The van der Waals surface area contributed by atoms with Crippen LogP contribution in [-0.4, -0.2) is 11.5 Å². The van der Waals surface area contributed by atoms with Gasteiger partial charge in [0.2, 0.25) is 0 Å². The molecule has 1 heterocycles. The number of aryl methyl sites for hydroxylation is 1. The summed E-state index contributed by atoms with van der Waals surface area (Å²) in [6.45, 7) is 5.71. The number of nitrogens with zero attached hydrogens (tertiary/aromatic N) is 1. The van der Waals surface area contributed by atoms with Crippen LogP contribution in [0.2, 0.25) is 0 Å². The smallest absolute Gasteiger partial charge is 0.130 e. The third-order valence-corrected chi connectivity index (χ3v) is 3.09. The van der Waals surface area contributed by atoms with E-state index in [0.717, 1.165) is 36.6 Å². The van der Waals surface area contributed by atoms with E-state index in [9.17, 15) is 0 Å². The van der Waals surface area contributed by atoms with Crippen LogP contribution in [0.1, 0.15) is 31.5 Å². The number of ether oxygens (including phenoxy) is 1. The first-order valence-electron chi connectivity index (χ1n) is 7.24. The average molecular weight is 270 g/mol. The Kier molecular flexibility index (Phi) is 5.42. The summed E-state index contributed by atoms with van der Waals surface area (Å²) >= 11 is 0. The molecule has 0 bridgehead atoms. The van der Waals surface area contributed by atoms with Crippen LogP contribution in [0.25, 0.3) is 0 Å². The number of hydrogen-bond donors (Lipinski definition) is 1. The molecule has 0 aliphatic heterocycles. The third-order valence-electron chi connectivity index (χ3n) is 3.09. The van der Waals surface area contributed by atoms with Crippen molar-refractivity contribution in [1.29, 1.82) is 0 Å². The van der Waals surface area contributed by atoms with E-state index >= 15 is 0 Å². The van der Waals surface area contributed by atoms with Crippen LogP contribution in [-0.2, 0) is 13.0 Å². The molecule has 106 valence electrons. The van der Waals surface area contributed by atoms with Crippen molar-refractivity contribution in [2.24, 2.45) is 0 Å². The molecule has 3 nitrogen and oxygen atoms in total. The second kappa shape index (κ2) is 7.53. The van der Waals surface area contributed by atoms with Gasteiger partial charge in [0.25, 0.3) is 0 Å². The predicted molar refractivity (Wildman–Crippen MR) is 83.2 cm³/mol. The molecule has 0 radical (unpaired) electrons. The summed E-state index contributed by atoms with van der Waals surface area (Å²) in [5.74, 6) is 1.86. The minimum atomic E-state index is 0.499. The predicted octanol–water partition coefficient (Wildman–Crippen LogP) is 4.04. The van der Waals surface area contributed by atoms with Crippen molar-refractivity contribution in [2.75, 3.05) is 11.9 Å². The minimum absolute atomic E-state index is 0.499. The van der Waals surface area contributed by atoms with Gasteiger partial charge in [0.05, 0.1) is 5.69 Å². The SMILES string of the molecule is CCCNc1cccc(COc2ccccc2CC)n1. The lowest BCUT2D eigenvalue weighted by atomic mass is 10.1. The molecule has 1 aromatic heterocycles. The van der Waals surface area contributed by atoms with E-state index in [1.54, 1.807) is 0 Å². The molecule has 0 saturated heterocycles. The number of para-hydroxylation sites is 1. The first kappa shape index (κ1) is 14.4. The van der Waals surface area contributed by atoms with Crippen LogP contribution in [0.3, 0.4) is 0 Å². The van der Waals surface area contributed by atoms with Gasteiger partial charge in [0.15, 0.2) is 0 Å². The molecule has 0 saturated carbocycles. The van der Waals surface area contributed by atoms with Gasteiger partial charge in [-0.1, -0.05) is 38.1 Å². The highest BCUT2D eigenvalue weighted by Gasteiger charge is 2.02. The van der Waals surface area contributed by atoms with E-state index in [0.29, 0.717) is 6.61 Å². The maximum absolute atomic E-state index is 5.88. The topological polar surface area (TPSA) is 34.1 Å². The Morgan fingerprint density at radius 2 is 1.90 bits per heavy atom. The first-order chi connectivity index (χ1) is 9.83. The zero-order chi connectivity index (χ0) is 14.2. The Hall–Kier alpha value is -2.03. The standard InChI is InChI=1S/C17H22N2O/c1-3-12-18-17-11-7-9-15(19-17)13-20-16-10-6-5-8-14(16)4-2/h5-11H,3-4,12-13H2,1-2H3,(H,18,19). The molecular weight excluding hydrogens is 248 g/mol. The number of nitrogens with one attached hydrogen (secondary N) is 1. The maximum atomic E-state index is 5.88. The zero-order valence-corrected chi connectivity index (χ0v) is 12.2. The molecule has 20 heavy (non-hydrogen) atoms. The Morgan fingerprint density at radius 1 is 1.05 bits per heavy atom. The third kappa shape index (κ3) is 3.98. The van der Waals surface area contributed by atoms with Gasteiger partial charge in [0, 0.05) is 6.54 Å². The number of rotatable bonds is 7. The van der Waals surface area contributed by atoms with Crippen LogP contribution in [0.5, 0.6) is 5.75 Å². The second-order valence-corrected chi connectivity index (χ2v) is 4.69. The summed E-state index contributed by atoms with van der Waals surface area (Å²) in [5.41, 5.74) is 2.17. The molecule has 0 spiro atoms. The van der Waals surface area contributed by atoms with Crippen LogP contribution in [0.15, 0.2) is 42.5 Å². The zero-order valence-electron chi connectivity index (χ0n) is 12.2. The van der Waals surface area contributed by atoms with Crippen molar-refractivity contribution in [2.45, 2.75) is 33.3 Å². The van der Waals surface area contributed by atoms with Gasteiger partial charge in [-0.15, -0.1) is 0 Å². The normalized spacial score (nSPS) is 10.3. The van der Waals surface area contributed by atoms with Crippen molar-refractivity contribution in [3.8, 4) is 5.75 Å². The molecule has 1 N–H and O–H groups in total. The second-order valence-electron chi connectivity index (χ2n) is 4.69. The van der Waals surface area contributed by atoms with Crippen molar-refractivity contribution >= 4 is 5.82 Å². The highest BCUT2D eigenvalue weighted by Crippen LogP contribution is 2.19. The number of pyridine rings is 1. The molecule has 3 heteroatoms.